The van der Waals surface area contributed by atoms with Gasteiger partial charge < -0.3 is 15.4 Å². The molecule has 0 radical (unpaired) electrons. The zero-order valence-corrected chi connectivity index (χ0v) is 12.4. The number of carbonyl (C=O) groups is 1. The van der Waals surface area contributed by atoms with Gasteiger partial charge in [0.2, 0.25) is 5.91 Å². The summed E-state index contributed by atoms with van der Waals surface area (Å²) in [6.45, 7) is 1.57. The van der Waals surface area contributed by atoms with Crippen LogP contribution in [0.25, 0.3) is 0 Å². The molecule has 0 aromatic heterocycles. The molecule has 0 unspecified atom stereocenters. The summed E-state index contributed by atoms with van der Waals surface area (Å²) in [5, 5.41) is 5.94. The average Bonchev–Trinajstić information content (AvgIpc) is 2.40. The first-order valence-corrected chi connectivity index (χ1v) is 6.30. The van der Waals surface area contributed by atoms with Crippen LogP contribution in [0.15, 0.2) is 24.3 Å². The first-order chi connectivity index (χ1) is 8.76. The van der Waals surface area contributed by atoms with E-state index in [-0.39, 0.29) is 18.3 Å². The Hall–Kier alpha value is -1.26. The van der Waals surface area contributed by atoms with Crippen LogP contribution in [0.3, 0.4) is 0 Å². The highest BCUT2D eigenvalue weighted by atomic mass is 35.5. The van der Waals surface area contributed by atoms with Crippen molar-refractivity contribution in [2.75, 3.05) is 27.2 Å². The molecular formula is C14H23ClN2O2. The largest absolute Gasteiger partial charge is 0.497 e. The van der Waals surface area contributed by atoms with E-state index in [9.17, 15) is 4.79 Å². The van der Waals surface area contributed by atoms with Crippen molar-refractivity contribution in [1.29, 1.82) is 0 Å². The van der Waals surface area contributed by atoms with Gasteiger partial charge in [-0.3, -0.25) is 4.79 Å². The van der Waals surface area contributed by atoms with Crippen LogP contribution >= 0.6 is 12.4 Å². The molecule has 1 amide bonds. The summed E-state index contributed by atoms with van der Waals surface area (Å²) in [5.41, 5.74) is 1.20. The molecule has 0 bridgehead atoms. The molecule has 0 heterocycles. The van der Waals surface area contributed by atoms with E-state index < -0.39 is 0 Å². The molecule has 0 saturated carbocycles. The number of ether oxygens (including phenoxy) is 1. The van der Waals surface area contributed by atoms with Crippen LogP contribution in [-0.4, -0.2) is 33.2 Å². The molecule has 1 aromatic rings. The minimum atomic E-state index is 0. The average molecular weight is 287 g/mol. The number of carbonyl (C=O) groups excluding carboxylic acids is 1. The SMILES string of the molecule is CNCCCC(=O)NCCc1ccc(OC)cc1.Cl. The second-order valence-electron chi connectivity index (χ2n) is 4.16. The van der Waals surface area contributed by atoms with Crippen molar-refractivity contribution in [3.8, 4) is 5.75 Å². The fraction of sp³-hybridized carbons (Fsp3) is 0.500. The number of benzene rings is 1. The molecule has 0 aliphatic heterocycles. The molecule has 1 rings (SSSR count). The van der Waals surface area contributed by atoms with Gasteiger partial charge in [-0.05, 0) is 44.1 Å². The number of methoxy groups -OCH3 is 1. The summed E-state index contributed by atoms with van der Waals surface area (Å²) < 4.78 is 5.09. The first-order valence-electron chi connectivity index (χ1n) is 6.30. The van der Waals surface area contributed by atoms with Crippen molar-refractivity contribution in [2.24, 2.45) is 0 Å². The Kier molecular flexibility index (Phi) is 9.94. The number of nitrogens with one attached hydrogen (secondary N) is 2. The fourth-order valence-corrected chi connectivity index (χ4v) is 1.65. The fourth-order valence-electron chi connectivity index (χ4n) is 1.65. The predicted molar refractivity (Wildman–Crippen MR) is 80.1 cm³/mol. The molecule has 2 N–H and O–H groups in total. The Labute approximate surface area is 121 Å². The van der Waals surface area contributed by atoms with E-state index >= 15 is 0 Å². The molecule has 1 aromatic carbocycles. The van der Waals surface area contributed by atoms with E-state index in [4.69, 9.17) is 4.74 Å². The van der Waals surface area contributed by atoms with E-state index in [0.717, 1.165) is 25.1 Å². The van der Waals surface area contributed by atoms with Gasteiger partial charge in [0.15, 0.2) is 0 Å². The summed E-state index contributed by atoms with van der Waals surface area (Å²) in [4.78, 5) is 11.4. The van der Waals surface area contributed by atoms with Crippen LogP contribution in [0, 0.1) is 0 Å². The lowest BCUT2D eigenvalue weighted by atomic mass is 10.1. The Morgan fingerprint density at radius 2 is 1.89 bits per heavy atom. The first kappa shape index (κ1) is 17.7. The highest BCUT2D eigenvalue weighted by molar-refractivity contribution is 5.85. The van der Waals surface area contributed by atoms with Crippen LogP contribution < -0.4 is 15.4 Å². The summed E-state index contributed by atoms with van der Waals surface area (Å²) >= 11 is 0. The number of hydrogen-bond donors (Lipinski definition) is 2. The van der Waals surface area contributed by atoms with Gasteiger partial charge in [0, 0.05) is 13.0 Å². The summed E-state index contributed by atoms with van der Waals surface area (Å²) in [7, 11) is 3.54. The number of rotatable bonds is 8. The molecule has 19 heavy (non-hydrogen) atoms. The molecule has 0 spiro atoms. The highest BCUT2D eigenvalue weighted by Crippen LogP contribution is 2.11. The van der Waals surface area contributed by atoms with Gasteiger partial charge in [-0.1, -0.05) is 12.1 Å². The Balaban J connectivity index is 0.00000324. The third kappa shape index (κ3) is 7.70. The van der Waals surface area contributed by atoms with E-state index in [1.165, 1.54) is 5.56 Å². The Morgan fingerprint density at radius 1 is 1.21 bits per heavy atom. The second-order valence-corrected chi connectivity index (χ2v) is 4.16. The molecule has 4 nitrogen and oxygen atoms in total. The molecular weight excluding hydrogens is 264 g/mol. The van der Waals surface area contributed by atoms with E-state index in [1.807, 2.05) is 31.3 Å². The van der Waals surface area contributed by atoms with Gasteiger partial charge >= 0.3 is 0 Å². The minimum absolute atomic E-state index is 0. The van der Waals surface area contributed by atoms with E-state index in [2.05, 4.69) is 10.6 Å². The van der Waals surface area contributed by atoms with E-state index in [1.54, 1.807) is 7.11 Å². The van der Waals surface area contributed by atoms with Crippen molar-refractivity contribution in [1.82, 2.24) is 10.6 Å². The van der Waals surface area contributed by atoms with Crippen LogP contribution in [0.4, 0.5) is 0 Å². The molecule has 0 saturated heterocycles. The van der Waals surface area contributed by atoms with Crippen LogP contribution in [0.1, 0.15) is 18.4 Å². The van der Waals surface area contributed by atoms with E-state index in [0.29, 0.717) is 13.0 Å². The number of hydrogen-bond acceptors (Lipinski definition) is 3. The topological polar surface area (TPSA) is 50.4 Å². The molecule has 0 fully saturated rings. The summed E-state index contributed by atoms with van der Waals surface area (Å²) in [5.74, 6) is 0.980. The minimum Gasteiger partial charge on any atom is -0.497 e. The smallest absolute Gasteiger partial charge is 0.220 e. The second kappa shape index (κ2) is 10.6. The summed E-state index contributed by atoms with van der Waals surface area (Å²) in [6, 6.07) is 7.91. The monoisotopic (exact) mass is 286 g/mol. The van der Waals surface area contributed by atoms with Crippen molar-refractivity contribution in [3.05, 3.63) is 29.8 Å². The van der Waals surface area contributed by atoms with Gasteiger partial charge in [-0.15, -0.1) is 12.4 Å². The van der Waals surface area contributed by atoms with Crippen molar-refractivity contribution < 1.29 is 9.53 Å². The zero-order valence-electron chi connectivity index (χ0n) is 11.6. The zero-order chi connectivity index (χ0) is 13.2. The van der Waals surface area contributed by atoms with Gasteiger partial charge in [0.25, 0.3) is 0 Å². The molecule has 108 valence electrons. The Morgan fingerprint density at radius 3 is 2.47 bits per heavy atom. The van der Waals surface area contributed by atoms with Gasteiger partial charge in [0.1, 0.15) is 5.75 Å². The third-order valence-corrected chi connectivity index (χ3v) is 2.73. The Bertz CT molecular complexity index is 355. The highest BCUT2D eigenvalue weighted by Gasteiger charge is 2.00. The van der Waals surface area contributed by atoms with Gasteiger partial charge in [-0.2, -0.15) is 0 Å². The maximum Gasteiger partial charge on any atom is 0.220 e. The van der Waals surface area contributed by atoms with Crippen molar-refractivity contribution in [3.63, 3.8) is 0 Å². The summed E-state index contributed by atoms with van der Waals surface area (Å²) in [6.07, 6.45) is 2.32. The third-order valence-electron chi connectivity index (χ3n) is 2.73. The van der Waals surface area contributed by atoms with Crippen LogP contribution in [-0.2, 0) is 11.2 Å². The van der Waals surface area contributed by atoms with Crippen LogP contribution in [0.2, 0.25) is 0 Å². The molecule has 0 aliphatic carbocycles. The lowest BCUT2D eigenvalue weighted by Gasteiger charge is -2.06. The lowest BCUT2D eigenvalue weighted by Crippen LogP contribution is -2.26. The molecule has 0 aliphatic rings. The molecule has 0 atom stereocenters. The van der Waals surface area contributed by atoms with Crippen molar-refractivity contribution >= 4 is 18.3 Å². The van der Waals surface area contributed by atoms with Crippen molar-refractivity contribution in [2.45, 2.75) is 19.3 Å². The van der Waals surface area contributed by atoms with Gasteiger partial charge in [0.05, 0.1) is 7.11 Å². The number of halogens is 1. The normalized spacial score (nSPS) is 9.58. The van der Waals surface area contributed by atoms with Gasteiger partial charge in [-0.25, -0.2) is 0 Å². The quantitative estimate of drug-likeness (QED) is 0.716. The lowest BCUT2D eigenvalue weighted by molar-refractivity contribution is -0.121. The van der Waals surface area contributed by atoms with Crippen LogP contribution in [0.5, 0.6) is 5.75 Å². The maximum atomic E-state index is 11.4. The predicted octanol–water partition coefficient (Wildman–Crippen LogP) is 1.78. The maximum absolute atomic E-state index is 11.4. The number of amides is 1. The molecule has 5 heteroatoms. The standard InChI is InChI=1S/C14H22N2O2.ClH/c1-15-10-3-4-14(17)16-11-9-12-5-7-13(18-2)8-6-12;/h5-8,15H,3-4,9-11H2,1-2H3,(H,16,17);1H.